The second-order valence-electron chi connectivity index (χ2n) is 7.64. The zero-order chi connectivity index (χ0) is 19.5. The monoisotopic (exact) mass is 356 g/mol. The molecule has 0 aliphatic heterocycles. The van der Waals surface area contributed by atoms with E-state index < -0.39 is 12.1 Å². The first-order valence-electron chi connectivity index (χ1n) is 8.82. The molecule has 0 saturated heterocycles. The quantitative estimate of drug-likeness (QED) is 0.833. The van der Waals surface area contributed by atoms with E-state index in [9.17, 15) is 9.59 Å². The van der Waals surface area contributed by atoms with Crippen molar-refractivity contribution >= 4 is 11.9 Å². The average Bonchev–Trinajstić information content (AvgIpc) is 2.82. The topological polar surface area (TPSA) is 60.3 Å². The molecule has 140 valence electrons. The van der Waals surface area contributed by atoms with E-state index in [1.165, 1.54) is 0 Å². The van der Waals surface area contributed by atoms with Gasteiger partial charge in [-0.1, -0.05) is 30.3 Å². The van der Waals surface area contributed by atoms with E-state index in [-0.39, 0.29) is 11.4 Å². The van der Waals surface area contributed by atoms with Crippen LogP contribution in [0.15, 0.2) is 36.4 Å². The summed E-state index contributed by atoms with van der Waals surface area (Å²) in [6.45, 7) is 11.8. The molecule has 0 unspecified atom stereocenters. The number of amides is 1. The zero-order valence-corrected chi connectivity index (χ0v) is 16.4. The number of aromatic nitrogens is 1. The van der Waals surface area contributed by atoms with Crippen LogP contribution in [0.4, 0.5) is 0 Å². The molecule has 5 heteroatoms. The Labute approximate surface area is 155 Å². The van der Waals surface area contributed by atoms with Crippen molar-refractivity contribution in [1.29, 1.82) is 0 Å². The van der Waals surface area contributed by atoms with E-state index in [1.807, 2.05) is 58.9 Å². The lowest BCUT2D eigenvalue weighted by atomic mass is 10.1. The number of aryl methyl sites for hydroxylation is 1. The lowest BCUT2D eigenvalue weighted by molar-refractivity contribution is -0.130. The normalized spacial score (nSPS) is 12.5. The molecule has 2 rings (SSSR count). The lowest BCUT2D eigenvalue weighted by Gasteiger charge is -2.23. The molecule has 0 fully saturated rings. The van der Waals surface area contributed by atoms with Crippen LogP contribution < -0.4 is 5.32 Å². The number of benzene rings is 1. The highest BCUT2D eigenvalue weighted by molar-refractivity contribution is 5.93. The summed E-state index contributed by atoms with van der Waals surface area (Å²) in [6, 6.07) is 11.9. The van der Waals surface area contributed by atoms with Crippen LogP contribution >= 0.6 is 0 Å². The van der Waals surface area contributed by atoms with Gasteiger partial charge in [-0.2, -0.15) is 0 Å². The molecule has 0 saturated carbocycles. The number of esters is 1. The predicted molar refractivity (Wildman–Crippen MR) is 102 cm³/mol. The number of hydrogen-bond donors (Lipinski definition) is 1. The molecule has 1 heterocycles. The Balaban J connectivity index is 2.12. The first-order valence-corrected chi connectivity index (χ1v) is 8.82. The number of ether oxygens (including phenoxy) is 1. The summed E-state index contributed by atoms with van der Waals surface area (Å²) in [7, 11) is 0. The van der Waals surface area contributed by atoms with Gasteiger partial charge in [-0.15, -0.1) is 0 Å². The maximum atomic E-state index is 12.5. The van der Waals surface area contributed by atoms with Gasteiger partial charge < -0.3 is 14.6 Å². The van der Waals surface area contributed by atoms with Gasteiger partial charge in [0.15, 0.2) is 6.10 Å². The van der Waals surface area contributed by atoms with Crippen molar-refractivity contribution < 1.29 is 14.3 Å². The van der Waals surface area contributed by atoms with Crippen LogP contribution in [-0.2, 0) is 16.1 Å². The largest absolute Gasteiger partial charge is 0.449 e. The number of nitrogens with zero attached hydrogens (tertiary/aromatic N) is 1. The van der Waals surface area contributed by atoms with Crippen LogP contribution in [0.2, 0.25) is 0 Å². The molecule has 26 heavy (non-hydrogen) atoms. The molecule has 1 atom stereocenters. The number of hydrogen-bond acceptors (Lipinski definition) is 3. The molecule has 1 N–H and O–H groups in total. The molecular formula is C21H28N2O3. The maximum absolute atomic E-state index is 12.5. The van der Waals surface area contributed by atoms with Gasteiger partial charge in [-0.05, 0) is 53.2 Å². The molecule has 1 amide bonds. The Morgan fingerprint density at radius 3 is 2.35 bits per heavy atom. The molecule has 5 nitrogen and oxygen atoms in total. The molecule has 0 aliphatic rings. The SMILES string of the molecule is Cc1cc(C(=O)O[C@H](C)C(=O)NC(C)(C)C)c(C)n1Cc1ccccc1. The van der Waals surface area contributed by atoms with Gasteiger partial charge in [-0.25, -0.2) is 4.79 Å². The van der Waals surface area contributed by atoms with Gasteiger partial charge in [0, 0.05) is 23.5 Å². The Kier molecular flexibility index (Phi) is 5.90. The van der Waals surface area contributed by atoms with Crippen LogP contribution in [0.3, 0.4) is 0 Å². The standard InChI is InChI=1S/C21H28N2O3/c1-14-12-18(15(2)23(14)13-17-10-8-7-9-11-17)20(25)26-16(3)19(24)22-21(4,5)6/h7-12,16H,13H2,1-6H3,(H,22,24)/t16-/m1/s1. The summed E-state index contributed by atoms with van der Waals surface area (Å²) in [5, 5.41) is 2.82. The molecular weight excluding hydrogens is 328 g/mol. The van der Waals surface area contributed by atoms with E-state index >= 15 is 0 Å². The number of nitrogens with one attached hydrogen (secondary N) is 1. The van der Waals surface area contributed by atoms with Gasteiger partial charge in [0.25, 0.3) is 5.91 Å². The third-order valence-electron chi connectivity index (χ3n) is 4.13. The minimum absolute atomic E-state index is 0.302. The summed E-state index contributed by atoms with van der Waals surface area (Å²) >= 11 is 0. The fraction of sp³-hybridized carbons (Fsp3) is 0.429. The van der Waals surface area contributed by atoms with Crippen molar-refractivity contribution in [3.63, 3.8) is 0 Å². The molecule has 1 aromatic heterocycles. The minimum atomic E-state index is -0.848. The van der Waals surface area contributed by atoms with Crippen molar-refractivity contribution in [2.24, 2.45) is 0 Å². The summed E-state index contributed by atoms with van der Waals surface area (Å²) in [6.07, 6.45) is -0.848. The Morgan fingerprint density at radius 2 is 1.77 bits per heavy atom. The first-order chi connectivity index (χ1) is 12.1. The van der Waals surface area contributed by atoms with Gasteiger partial charge in [-0.3, -0.25) is 4.79 Å². The summed E-state index contributed by atoms with van der Waals surface area (Å²) in [5.74, 6) is -0.780. The number of carbonyl (C=O) groups excluding carboxylic acids is 2. The van der Waals surface area contributed by atoms with Crippen molar-refractivity contribution in [2.75, 3.05) is 0 Å². The van der Waals surface area contributed by atoms with Gasteiger partial charge in [0.1, 0.15) is 0 Å². The maximum Gasteiger partial charge on any atom is 0.340 e. The predicted octanol–water partition coefficient (Wildman–Crippen LogP) is 3.61. The Bertz CT molecular complexity index is 786. The second kappa shape index (κ2) is 7.77. The highest BCUT2D eigenvalue weighted by atomic mass is 16.5. The van der Waals surface area contributed by atoms with Gasteiger partial charge >= 0.3 is 5.97 Å². The average molecular weight is 356 g/mol. The highest BCUT2D eigenvalue weighted by Crippen LogP contribution is 2.19. The van der Waals surface area contributed by atoms with E-state index in [1.54, 1.807) is 6.92 Å². The third-order valence-corrected chi connectivity index (χ3v) is 4.13. The fourth-order valence-electron chi connectivity index (χ4n) is 2.77. The third kappa shape index (κ3) is 4.97. The van der Waals surface area contributed by atoms with Gasteiger partial charge in [0.05, 0.1) is 5.56 Å². The second-order valence-corrected chi connectivity index (χ2v) is 7.64. The van der Waals surface area contributed by atoms with E-state index in [0.29, 0.717) is 12.1 Å². The Morgan fingerprint density at radius 1 is 1.15 bits per heavy atom. The molecule has 2 aromatic rings. The smallest absolute Gasteiger partial charge is 0.340 e. The first kappa shape index (κ1) is 19.8. The summed E-state index contributed by atoms with van der Waals surface area (Å²) in [4.78, 5) is 24.7. The summed E-state index contributed by atoms with van der Waals surface area (Å²) < 4.78 is 7.45. The molecule has 0 bridgehead atoms. The fourth-order valence-corrected chi connectivity index (χ4v) is 2.77. The van der Waals surface area contributed by atoms with Crippen molar-refractivity contribution in [3.05, 3.63) is 58.9 Å². The van der Waals surface area contributed by atoms with Crippen molar-refractivity contribution in [3.8, 4) is 0 Å². The highest BCUT2D eigenvalue weighted by Gasteiger charge is 2.25. The zero-order valence-electron chi connectivity index (χ0n) is 16.4. The van der Waals surface area contributed by atoms with Crippen molar-refractivity contribution in [2.45, 2.75) is 59.7 Å². The lowest BCUT2D eigenvalue weighted by Crippen LogP contribution is -2.46. The van der Waals surface area contributed by atoms with E-state index in [2.05, 4.69) is 22.0 Å². The molecule has 0 spiro atoms. The van der Waals surface area contributed by atoms with Crippen LogP contribution in [0.1, 0.15) is 55.0 Å². The van der Waals surface area contributed by atoms with Crippen LogP contribution in [0, 0.1) is 13.8 Å². The molecule has 0 radical (unpaired) electrons. The van der Waals surface area contributed by atoms with Gasteiger partial charge in [0.2, 0.25) is 0 Å². The Hall–Kier alpha value is -2.56. The van der Waals surface area contributed by atoms with Crippen LogP contribution in [0.5, 0.6) is 0 Å². The van der Waals surface area contributed by atoms with E-state index in [0.717, 1.165) is 17.0 Å². The molecule has 1 aromatic carbocycles. The van der Waals surface area contributed by atoms with Crippen molar-refractivity contribution in [1.82, 2.24) is 9.88 Å². The molecule has 0 aliphatic carbocycles. The van der Waals surface area contributed by atoms with Crippen LogP contribution in [0.25, 0.3) is 0 Å². The summed E-state index contributed by atoms with van der Waals surface area (Å²) in [5.41, 5.74) is 3.09. The minimum Gasteiger partial charge on any atom is -0.449 e. The number of carbonyl (C=O) groups is 2. The van der Waals surface area contributed by atoms with Crippen LogP contribution in [-0.4, -0.2) is 28.1 Å². The number of rotatable bonds is 5. The van der Waals surface area contributed by atoms with E-state index in [4.69, 9.17) is 4.74 Å².